The second-order valence-electron chi connectivity index (χ2n) is 14.5. The van der Waals surface area contributed by atoms with Crippen molar-refractivity contribution in [3.8, 4) is 23.0 Å². The molecule has 0 saturated carbocycles. The lowest BCUT2D eigenvalue weighted by atomic mass is 9.78. The van der Waals surface area contributed by atoms with Gasteiger partial charge in [-0.15, -0.1) is 0 Å². The number of carbonyl (C=O) groups is 2. The summed E-state index contributed by atoms with van der Waals surface area (Å²) in [7, 11) is 0. The van der Waals surface area contributed by atoms with Crippen LogP contribution in [0.4, 0.5) is 0 Å². The Morgan fingerprint density at radius 2 is 0.714 bits per heavy atom. The first kappa shape index (κ1) is 43.6. The number of carbonyl (C=O) groups excluding carboxylic acids is 2. The van der Waals surface area contributed by atoms with Crippen molar-refractivity contribution < 1.29 is 58.1 Å². The molecule has 0 bridgehead atoms. The predicted molar refractivity (Wildman–Crippen MR) is 209 cm³/mol. The van der Waals surface area contributed by atoms with Crippen LogP contribution < -0.4 is 18.9 Å². The summed E-state index contributed by atoms with van der Waals surface area (Å²) in [6, 6.07) is 30.9. The molecule has 4 aromatic rings. The first-order chi connectivity index (χ1) is 26.6. The Labute approximate surface area is 328 Å². The van der Waals surface area contributed by atoms with Crippen LogP contribution in [-0.2, 0) is 34.6 Å². The Morgan fingerprint density at radius 1 is 0.446 bits per heavy atom. The number of benzene rings is 4. The van der Waals surface area contributed by atoms with Crippen LogP contribution in [0.25, 0.3) is 0 Å². The number of rotatable bonds is 22. The summed E-state index contributed by atoms with van der Waals surface area (Å²) in [6.45, 7) is 10.9. The number of ether oxygens (including phenoxy) is 7. The molecule has 0 aliphatic heterocycles. The zero-order chi connectivity index (χ0) is 40.7. The molecule has 0 aromatic heterocycles. The second-order valence-corrected chi connectivity index (χ2v) is 14.5. The van der Waals surface area contributed by atoms with Crippen molar-refractivity contribution in [2.24, 2.45) is 0 Å². The molecule has 0 saturated heterocycles. The van der Waals surface area contributed by atoms with E-state index in [0.29, 0.717) is 23.0 Å². The van der Waals surface area contributed by atoms with Gasteiger partial charge in [0.1, 0.15) is 74.3 Å². The first-order valence-corrected chi connectivity index (χ1v) is 18.5. The van der Waals surface area contributed by atoms with E-state index in [2.05, 4.69) is 27.7 Å². The molecule has 56 heavy (non-hydrogen) atoms. The summed E-state index contributed by atoms with van der Waals surface area (Å²) in [4.78, 5) is 21.8. The van der Waals surface area contributed by atoms with Crippen LogP contribution in [0, 0.1) is 0 Å². The zero-order valence-electron chi connectivity index (χ0n) is 32.9. The van der Waals surface area contributed by atoms with Crippen LogP contribution in [-0.4, -0.2) is 92.0 Å². The molecule has 0 amide bonds. The number of hydrogen-bond donors (Lipinski definition) is 3. The Morgan fingerprint density at radius 3 is 1.02 bits per heavy atom. The number of aliphatic hydroxyl groups excluding tert-OH is 3. The van der Waals surface area contributed by atoms with Gasteiger partial charge < -0.3 is 48.5 Å². The van der Waals surface area contributed by atoms with Crippen molar-refractivity contribution in [2.75, 3.05) is 46.4 Å². The van der Waals surface area contributed by atoms with E-state index in [1.807, 2.05) is 97.1 Å². The molecule has 4 aromatic carbocycles. The van der Waals surface area contributed by atoms with Crippen LogP contribution in [0.2, 0.25) is 0 Å². The molecule has 0 spiro atoms. The average molecular weight is 775 g/mol. The van der Waals surface area contributed by atoms with E-state index in [0.717, 1.165) is 22.3 Å². The van der Waals surface area contributed by atoms with E-state index in [-0.39, 0.29) is 57.3 Å². The average Bonchev–Trinajstić information content (AvgIpc) is 3.19. The monoisotopic (exact) mass is 774 g/mol. The minimum Gasteiger partial charge on any atom is -0.491 e. The maximum atomic E-state index is 10.9. The minimum atomic E-state index is -0.923. The van der Waals surface area contributed by atoms with Crippen molar-refractivity contribution in [2.45, 2.75) is 70.7 Å². The van der Waals surface area contributed by atoms with E-state index in [4.69, 9.17) is 33.2 Å². The number of hydrogen-bond acceptors (Lipinski definition) is 12. The molecule has 12 nitrogen and oxygen atoms in total. The fraction of sp³-hybridized carbons (Fsp3) is 0.409. The lowest BCUT2D eigenvalue weighted by molar-refractivity contribution is -0.146. The third-order valence-corrected chi connectivity index (χ3v) is 9.21. The first-order valence-electron chi connectivity index (χ1n) is 18.5. The summed E-state index contributed by atoms with van der Waals surface area (Å²) in [5.74, 6) is 1.57. The third kappa shape index (κ3) is 13.6. The summed E-state index contributed by atoms with van der Waals surface area (Å²) < 4.78 is 37.8. The molecule has 4 rings (SSSR count). The topological polar surface area (TPSA) is 159 Å². The molecule has 0 heterocycles. The molecular formula is C44H54O12. The van der Waals surface area contributed by atoms with Crippen LogP contribution in [0.5, 0.6) is 23.0 Å². The van der Waals surface area contributed by atoms with Gasteiger partial charge in [-0.2, -0.15) is 0 Å². The predicted octanol–water partition coefficient (Wildman–Crippen LogP) is 5.74. The highest BCUT2D eigenvalue weighted by molar-refractivity contribution is 5.66. The summed E-state index contributed by atoms with van der Waals surface area (Å²) >= 11 is 0. The van der Waals surface area contributed by atoms with Gasteiger partial charge in [0.15, 0.2) is 6.79 Å². The van der Waals surface area contributed by atoms with Crippen LogP contribution in [0.3, 0.4) is 0 Å². The molecule has 0 aliphatic rings. The van der Waals surface area contributed by atoms with Crippen LogP contribution >= 0.6 is 0 Å². The van der Waals surface area contributed by atoms with Gasteiger partial charge in [0, 0.05) is 24.7 Å². The van der Waals surface area contributed by atoms with Gasteiger partial charge in [0.2, 0.25) is 0 Å². The molecule has 12 heteroatoms. The summed E-state index contributed by atoms with van der Waals surface area (Å²) in [6.07, 6.45) is -2.68. The van der Waals surface area contributed by atoms with E-state index in [1.165, 1.54) is 13.8 Å². The molecule has 3 atom stereocenters. The van der Waals surface area contributed by atoms with E-state index >= 15 is 0 Å². The summed E-state index contributed by atoms with van der Waals surface area (Å²) in [5, 5.41) is 30.3. The standard InChI is InChI=1S/C44H54O12/c1-30(45)51-24-36(47)23-50-29-56-42-21-13-35(14-22-42)44(5,6)34-11-19-41(20-12-34)55-28-38(49)27-54-40-17-9-33(10-18-40)43(3,4)32-7-15-39(16-8-32)53-26-37(48)25-52-31(2)46/h7-22,36-38,47-49H,23-29H2,1-6H3. The molecule has 0 aliphatic carbocycles. The van der Waals surface area contributed by atoms with Gasteiger partial charge in [-0.3, -0.25) is 9.59 Å². The highest BCUT2D eigenvalue weighted by Gasteiger charge is 2.25. The molecule has 302 valence electrons. The number of esters is 2. The SMILES string of the molecule is CC(=O)OCC(O)COCOc1ccc(C(C)(C)c2ccc(OCC(O)COc3ccc(C(C)(C)c4ccc(OCC(O)COC(C)=O)cc4)cc3)cc2)cc1. The van der Waals surface area contributed by atoms with E-state index in [1.54, 1.807) is 0 Å². The van der Waals surface area contributed by atoms with Crippen molar-refractivity contribution in [3.05, 3.63) is 119 Å². The molecule has 3 N–H and O–H groups in total. The molecular weight excluding hydrogens is 720 g/mol. The van der Waals surface area contributed by atoms with Crippen molar-refractivity contribution >= 4 is 11.9 Å². The van der Waals surface area contributed by atoms with E-state index < -0.39 is 30.3 Å². The second kappa shape index (κ2) is 20.7. The molecule has 0 fully saturated rings. The zero-order valence-corrected chi connectivity index (χ0v) is 32.9. The van der Waals surface area contributed by atoms with Crippen molar-refractivity contribution in [1.29, 1.82) is 0 Å². The van der Waals surface area contributed by atoms with Gasteiger partial charge >= 0.3 is 11.9 Å². The molecule has 3 unspecified atom stereocenters. The van der Waals surface area contributed by atoms with Gasteiger partial charge in [0.05, 0.1) is 6.61 Å². The summed E-state index contributed by atoms with van der Waals surface area (Å²) in [5.41, 5.74) is 3.67. The third-order valence-electron chi connectivity index (χ3n) is 9.21. The largest absolute Gasteiger partial charge is 0.491 e. The minimum absolute atomic E-state index is 0.0101. The fourth-order valence-electron chi connectivity index (χ4n) is 5.65. The lowest BCUT2D eigenvalue weighted by Gasteiger charge is -2.27. The maximum absolute atomic E-state index is 10.9. The number of aliphatic hydroxyl groups is 3. The van der Waals surface area contributed by atoms with Gasteiger partial charge in [0.25, 0.3) is 0 Å². The Kier molecular flexibility index (Phi) is 16.1. The fourth-order valence-corrected chi connectivity index (χ4v) is 5.65. The van der Waals surface area contributed by atoms with Crippen LogP contribution in [0.1, 0.15) is 63.8 Å². The van der Waals surface area contributed by atoms with Gasteiger partial charge in [-0.1, -0.05) is 76.2 Å². The Hall–Kier alpha value is -5.14. The van der Waals surface area contributed by atoms with Gasteiger partial charge in [-0.05, 0) is 70.8 Å². The quantitative estimate of drug-likeness (QED) is 0.0506. The highest BCUT2D eigenvalue weighted by Crippen LogP contribution is 2.35. The Balaban J connectivity index is 1.19. The Bertz CT molecular complexity index is 1790. The van der Waals surface area contributed by atoms with Crippen molar-refractivity contribution in [1.82, 2.24) is 0 Å². The molecule has 0 radical (unpaired) electrons. The highest BCUT2D eigenvalue weighted by atomic mass is 16.7. The lowest BCUT2D eigenvalue weighted by Crippen LogP contribution is -2.25. The van der Waals surface area contributed by atoms with E-state index in [9.17, 15) is 24.9 Å². The van der Waals surface area contributed by atoms with Crippen LogP contribution in [0.15, 0.2) is 97.1 Å². The smallest absolute Gasteiger partial charge is 0.302 e. The maximum Gasteiger partial charge on any atom is 0.302 e. The van der Waals surface area contributed by atoms with Crippen molar-refractivity contribution in [3.63, 3.8) is 0 Å². The van der Waals surface area contributed by atoms with Gasteiger partial charge in [-0.25, -0.2) is 0 Å². The normalized spacial score (nSPS) is 13.2.